The number of carbonyl (C=O) groups excluding carboxylic acids is 1. The summed E-state index contributed by atoms with van der Waals surface area (Å²) in [4.78, 5) is 26.4. The lowest BCUT2D eigenvalue weighted by molar-refractivity contribution is -0.151. The van der Waals surface area contributed by atoms with Gasteiger partial charge in [-0.1, -0.05) is 0 Å². The monoisotopic (exact) mass is 254 g/mol. The highest BCUT2D eigenvalue weighted by molar-refractivity contribution is 5.82. The molecule has 3 N–H and O–H groups in total. The molecule has 1 aliphatic heterocycles. The number of carboxylic acids is 1. The summed E-state index contributed by atoms with van der Waals surface area (Å²) >= 11 is 0. The van der Waals surface area contributed by atoms with Crippen LogP contribution in [0.2, 0.25) is 0 Å². The van der Waals surface area contributed by atoms with Gasteiger partial charge in [-0.3, -0.25) is 9.89 Å². The number of amides is 1. The van der Waals surface area contributed by atoms with Gasteiger partial charge in [-0.2, -0.15) is 5.10 Å². The second-order valence-corrected chi connectivity index (χ2v) is 4.13. The summed E-state index contributed by atoms with van der Waals surface area (Å²) in [7, 11) is 0. The van der Waals surface area contributed by atoms with Gasteiger partial charge in [0.2, 0.25) is 5.91 Å². The zero-order valence-electron chi connectivity index (χ0n) is 9.79. The van der Waals surface area contributed by atoms with E-state index in [0.717, 1.165) is 0 Å². The molecule has 1 saturated heterocycles. The maximum atomic E-state index is 11.8. The van der Waals surface area contributed by atoms with Gasteiger partial charge in [-0.15, -0.1) is 0 Å². The van der Waals surface area contributed by atoms with Crippen LogP contribution in [0.1, 0.15) is 31.6 Å². The Bertz CT molecular complexity index is 433. The highest BCUT2D eigenvalue weighted by Crippen LogP contribution is 2.20. The van der Waals surface area contributed by atoms with Crippen molar-refractivity contribution in [3.8, 4) is 0 Å². The maximum Gasteiger partial charge on any atom is 0.332 e. The number of ether oxygens (including phenoxy) is 1. The average molecular weight is 254 g/mol. The fraction of sp³-hybridized carbons (Fsp3) is 0.600. The van der Waals surface area contributed by atoms with Gasteiger partial charge in [0.05, 0.1) is 6.04 Å². The molecular formula is C10H14N4O4. The van der Waals surface area contributed by atoms with Crippen LogP contribution < -0.4 is 5.32 Å². The van der Waals surface area contributed by atoms with Gasteiger partial charge >= 0.3 is 5.97 Å². The van der Waals surface area contributed by atoms with E-state index in [1.807, 2.05) is 0 Å². The van der Waals surface area contributed by atoms with Gasteiger partial charge in [0.25, 0.3) is 0 Å². The number of rotatable bonds is 4. The summed E-state index contributed by atoms with van der Waals surface area (Å²) in [5.74, 6) is -0.827. The van der Waals surface area contributed by atoms with E-state index in [9.17, 15) is 9.59 Å². The Labute approximate surface area is 103 Å². The average Bonchev–Trinajstić information content (AvgIpc) is 3.00. The molecule has 1 aliphatic rings. The second-order valence-electron chi connectivity index (χ2n) is 4.13. The summed E-state index contributed by atoms with van der Waals surface area (Å²) in [5.41, 5.74) is 0. The molecule has 98 valence electrons. The predicted octanol–water partition coefficient (Wildman–Crippen LogP) is -0.386. The molecule has 1 aromatic heterocycles. The van der Waals surface area contributed by atoms with Crippen LogP contribution in [0.4, 0.5) is 0 Å². The lowest BCUT2D eigenvalue weighted by Gasteiger charge is -2.15. The molecule has 3 atom stereocenters. The smallest absolute Gasteiger partial charge is 0.332 e. The molecular weight excluding hydrogens is 240 g/mol. The molecule has 0 spiro atoms. The number of aromatic amines is 1. The molecule has 18 heavy (non-hydrogen) atoms. The van der Waals surface area contributed by atoms with Crippen LogP contribution in [0.5, 0.6) is 0 Å². The van der Waals surface area contributed by atoms with Gasteiger partial charge in [0.15, 0.2) is 6.10 Å². The Morgan fingerprint density at radius 2 is 2.28 bits per heavy atom. The van der Waals surface area contributed by atoms with Gasteiger partial charge in [0.1, 0.15) is 18.3 Å². The lowest BCUT2D eigenvalue weighted by atomic mass is 10.2. The molecule has 8 nitrogen and oxygen atoms in total. The number of nitrogens with zero attached hydrogens (tertiary/aromatic N) is 2. The Balaban J connectivity index is 1.87. The number of H-pyrrole nitrogens is 1. The van der Waals surface area contributed by atoms with E-state index in [4.69, 9.17) is 9.84 Å². The van der Waals surface area contributed by atoms with Crippen molar-refractivity contribution in [2.45, 2.75) is 38.0 Å². The minimum Gasteiger partial charge on any atom is -0.479 e. The SMILES string of the molecule is CC(NC(=O)[C@@H]1CC[C@H](C(=O)O)O1)c1ncn[nH]1. The Kier molecular flexibility index (Phi) is 3.56. The molecule has 8 heteroatoms. The van der Waals surface area contributed by atoms with E-state index < -0.39 is 18.2 Å². The highest BCUT2D eigenvalue weighted by Gasteiger charge is 2.35. The lowest BCUT2D eigenvalue weighted by Crippen LogP contribution is -2.37. The van der Waals surface area contributed by atoms with Crippen molar-refractivity contribution in [3.63, 3.8) is 0 Å². The van der Waals surface area contributed by atoms with Gasteiger partial charge in [-0.25, -0.2) is 9.78 Å². The number of carboxylic acid groups (broad SMARTS) is 1. The van der Waals surface area contributed by atoms with Crippen LogP contribution in [-0.2, 0) is 14.3 Å². The third-order valence-electron chi connectivity index (χ3n) is 2.79. The molecule has 1 amide bonds. The summed E-state index contributed by atoms with van der Waals surface area (Å²) < 4.78 is 5.15. The van der Waals surface area contributed by atoms with E-state index in [1.165, 1.54) is 6.33 Å². The van der Waals surface area contributed by atoms with Crippen molar-refractivity contribution < 1.29 is 19.4 Å². The molecule has 0 saturated carbocycles. The number of nitrogens with one attached hydrogen (secondary N) is 2. The quantitative estimate of drug-likeness (QED) is 0.673. The molecule has 0 bridgehead atoms. The summed E-state index contributed by atoms with van der Waals surface area (Å²) in [5, 5.41) is 17.8. The van der Waals surface area contributed by atoms with Crippen LogP contribution >= 0.6 is 0 Å². The Hall–Kier alpha value is -1.96. The first-order valence-corrected chi connectivity index (χ1v) is 5.62. The predicted molar refractivity (Wildman–Crippen MR) is 58.5 cm³/mol. The van der Waals surface area contributed by atoms with Crippen LogP contribution in [0.3, 0.4) is 0 Å². The normalized spacial score (nSPS) is 24.7. The first kappa shape index (κ1) is 12.5. The van der Waals surface area contributed by atoms with Crippen LogP contribution in [0, 0.1) is 0 Å². The van der Waals surface area contributed by atoms with Gasteiger partial charge < -0.3 is 15.2 Å². The van der Waals surface area contributed by atoms with E-state index in [1.54, 1.807) is 6.92 Å². The molecule has 2 heterocycles. The zero-order chi connectivity index (χ0) is 13.1. The van der Waals surface area contributed by atoms with Crippen LogP contribution in [0.15, 0.2) is 6.33 Å². The Morgan fingerprint density at radius 3 is 2.83 bits per heavy atom. The fourth-order valence-electron chi connectivity index (χ4n) is 1.81. The highest BCUT2D eigenvalue weighted by atomic mass is 16.5. The number of carbonyl (C=O) groups is 2. The van der Waals surface area contributed by atoms with Gasteiger partial charge in [-0.05, 0) is 19.8 Å². The number of aliphatic carboxylic acids is 1. The van der Waals surface area contributed by atoms with Crippen molar-refractivity contribution >= 4 is 11.9 Å². The number of hydrogen-bond acceptors (Lipinski definition) is 5. The third-order valence-corrected chi connectivity index (χ3v) is 2.79. The standard InChI is InChI=1S/C10H14N4O4/c1-5(8-11-4-12-14-8)13-9(15)6-2-3-7(18-6)10(16)17/h4-7H,2-3H2,1H3,(H,13,15)(H,16,17)(H,11,12,14)/t5?,6-,7+/m0/s1. The summed E-state index contributed by atoms with van der Waals surface area (Å²) in [6, 6.07) is -0.326. The van der Waals surface area contributed by atoms with Crippen molar-refractivity contribution in [2.24, 2.45) is 0 Å². The largest absolute Gasteiger partial charge is 0.479 e. The molecule has 0 aromatic carbocycles. The van der Waals surface area contributed by atoms with Crippen molar-refractivity contribution in [2.75, 3.05) is 0 Å². The number of hydrogen-bond donors (Lipinski definition) is 3. The fourth-order valence-corrected chi connectivity index (χ4v) is 1.81. The molecule has 1 unspecified atom stereocenters. The minimum atomic E-state index is -1.03. The summed E-state index contributed by atoms with van der Waals surface area (Å²) in [6.45, 7) is 1.75. The van der Waals surface area contributed by atoms with Crippen LogP contribution in [-0.4, -0.2) is 44.4 Å². The minimum absolute atomic E-state index is 0.326. The van der Waals surface area contributed by atoms with Crippen LogP contribution in [0.25, 0.3) is 0 Å². The van der Waals surface area contributed by atoms with Crippen molar-refractivity contribution in [3.05, 3.63) is 12.2 Å². The third kappa shape index (κ3) is 2.65. The zero-order valence-corrected chi connectivity index (χ0v) is 9.79. The number of aromatic nitrogens is 3. The van der Waals surface area contributed by atoms with Crippen molar-refractivity contribution in [1.82, 2.24) is 20.5 Å². The second kappa shape index (κ2) is 5.13. The van der Waals surface area contributed by atoms with Gasteiger partial charge in [0, 0.05) is 0 Å². The first-order valence-electron chi connectivity index (χ1n) is 5.62. The molecule has 1 aromatic rings. The molecule has 0 radical (unpaired) electrons. The van der Waals surface area contributed by atoms with Crippen molar-refractivity contribution in [1.29, 1.82) is 0 Å². The molecule has 2 rings (SSSR count). The summed E-state index contributed by atoms with van der Waals surface area (Å²) in [6.07, 6.45) is 0.512. The van der Waals surface area contributed by atoms with E-state index >= 15 is 0 Å². The first-order chi connectivity index (χ1) is 8.58. The molecule has 1 fully saturated rings. The molecule has 0 aliphatic carbocycles. The topological polar surface area (TPSA) is 117 Å². The maximum absolute atomic E-state index is 11.8. The van der Waals surface area contributed by atoms with E-state index in [0.29, 0.717) is 18.7 Å². The Morgan fingerprint density at radius 1 is 1.56 bits per heavy atom. The van der Waals surface area contributed by atoms with E-state index in [2.05, 4.69) is 20.5 Å². The van der Waals surface area contributed by atoms with E-state index in [-0.39, 0.29) is 11.9 Å².